The second kappa shape index (κ2) is 5.57. The van der Waals surface area contributed by atoms with Gasteiger partial charge in [0.15, 0.2) is 0 Å². The van der Waals surface area contributed by atoms with Gasteiger partial charge in [-0.2, -0.15) is 0 Å². The van der Waals surface area contributed by atoms with Crippen molar-refractivity contribution in [1.82, 2.24) is 10.2 Å². The summed E-state index contributed by atoms with van der Waals surface area (Å²) in [6.07, 6.45) is 1.09. The largest absolute Gasteiger partial charge is 0.411 e. The minimum Gasteiger partial charge on any atom is -0.411 e. The van der Waals surface area contributed by atoms with Gasteiger partial charge in [0.25, 0.3) is 5.22 Å². The van der Waals surface area contributed by atoms with Gasteiger partial charge >= 0.3 is 0 Å². The van der Waals surface area contributed by atoms with Crippen molar-refractivity contribution >= 4 is 11.8 Å². The lowest BCUT2D eigenvalue weighted by molar-refractivity contribution is 0.464. The Morgan fingerprint density at radius 2 is 2.06 bits per heavy atom. The molecule has 1 atom stereocenters. The number of benzene rings is 1. The molecular formula is C14H18N2OS. The fraction of sp³-hybridized carbons (Fsp3) is 0.429. The van der Waals surface area contributed by atoms with Crippen molar-refractivity contribution in [3.63, 3.8) is 0 Å². The van der Waals surface area contributed by atoms with Crippen LogP contribution in [0.1, 0.15) is 31.4 Å². The highest BCUT2D eigenvalue weighted by Crippen LogP contribution is 2.28. The Hall–Kier alpha value is -1.29. The first-order valence-corrected chi connectivity index (χ1v) is 7.06. The fourth-order valence-electron chi connectivity index (χ4n) is 1.68. The Morgan fingerprint density at radius 3 is 2.72 bits per heavy atom. The number of rotatable bonds is 4. The van der Waals surface area contributed by atoms with Crippen molar-refractivity contribution in [2.45, 2.75) is 44.6 Å². The molecule has 1 aromatic heterocycles. The summed E-state index contributed by atoms with van der Waals surface area (Å²) < 4.78 is 5.70. The van der Waals surface area contributed by atoms with Gasteiger partial charge in [-0.3, -0.25) is 0 Å². The highest BCUT2D eigenvalue weighted by Gasteiger charge is 2.13. The quantitative estimate of drug-likeness (QED) is 0.772. The third-order valence-corrected chi connectivity index (χ3v) is 4.00. The summed E-state index contributed by atoms with van der Waals surface area (Å²) in [5, 5.41) is 9.37. The molecule has 96 valence electrons. The molecular weight excluding hydrogens is 244 g/mol. The first-order valence-electron chi connectivity index (χ1n) is 6.18. The van der Waals surface area contributed by atoms with Crippen molar-refractivity contribution < 1.29 is 4.42 Å². The lowest BCUT2D eigenvalue weighted by Gasteiger charge is -2.03. The molecule has 0 aliphatic heterocycles. The van der Waals surface area contributed by atoms with Crippen LogP contribution in [-0.2, 0) is 0 Å². The Labute approximate surface area is 112 Å². The lowest BCUT2D eigenvalue weighted by atomic mass is 10.1. The van der Waals surface area contributed by atoms with Crippen LogP contribution in [0.3, 0.4) is 0 Å². The normalized spacial score (nSPS) is 12.7. The molecule has 0 aliphatic rings. The van der Waals surface area contributed by atoms with Gasteiger partial charge in [-0.25, -0.2) is 0 Å². The molecule has 4 heteroatoms. The molecule has 0 fully saturated rings. The molecule has 3 nitrogen and oxygen atoms in total. The molecule has 0 spiro atoms. The Bertz CT molecular complexity index is 536. The molecule has 2 rings (SSSR count). The monoisotopic (exact) mass is 262 g/mol. The van der Waals surface area contributed by atoms with Crippen LogP contribution in [0.4, 0.5) is 0 Å². The molecule has 0 aliphatic carbocycles. The first-order chi connectivity index (χ1) is 8.60. The summed E-state index contributed by atoms with van der Waals surface area (Å²) in [7, 11) is 0. The maximum atomic E-state index is 5.70. The Balaban J connectivity index is 2.24. The highest BCUT2D eigenvalue weighted by atomic mass is 32.2. The molecule has 0 N–H and O–H groups in total. The van der Waals surface area contributed by atoms with Crippen LogP contribution < -0.4 is 0 Å². The van der Waals surface area contributed by atoms with Crippen molar-refractivity contribution in [2.75, 3.05) is 0 Å². The van der Waals surface area contributed by atoms with Gasteiger partial charge in [0.1, 0.15) is 0 Å². The van der Waals surface area contributed by atoms with Crippen molar-refractivity contribution in [3.05, 3.63) is 29.3 Å². The van der Waals surface area contributed by atoms with Gasteiger partial charge in [0.2, 0.25) is 5.89 Å². The van der Waals surface area contributed by atoms with Crippen LogP contribution >= 0.6 is 11.8 Å². The van der Waals surface area contributed by atoms with Crippen molar-refractivity contribution in [3.8, 4) is 11.5 Å². The molecule has 1 unspecified atom stereocenters. The van der Waals surface area contributed by atoms with Crippen LogP contribution in [0.15, 0.2) is 27.8 Å². The van der Waals surface area contributed by atoms with Gasteiger partial charge in [-0.15, -0.1) is 10.2 Å². The molecule has 0 bridgehead atoms. The second-order valence-corrected chi connectivity index (χ2v) is 5.92. The van der Waals surface area contributed by atoms with E-state index in [2.05, 4.69) is 50.0 Å². The van der Waals surface area contributed by atoms with Crippen LogP contribution in [0.2, 0.25) is 0 Å². The highest BCUT2D eigenvalue weighted by molar-refractivity contribution is 7.99. The SMILES string of the molecule is CCC(C)Sc1nnc(-c2ccc(C)cc2C)o1. The number of hydrogen-bond donors (Lipinski definition) is 0. The van der Waals surface area contributed by atoms with E-state index in [0.29, 0.717) is 16.4 Å². The zero-order valence-electron chi connectivity index (χ0n) is 11.2. The Morgan fingerprint density at radius 1 is 1.28 bits per heavy atom. The molecule has 0 radical (unpaired) electrons. The van der Waals surface area contributed by atoms with E-state index in [9.17, 15) is 0 Å². The number of aryl methyl sites for hydroxylation is 2. The van der Waals surface area contributed by atoms with E-state index in [-0.39, 0.29) is 0 Å². The second-order valence-electron chi connectivity index (χ2n) is 4.53. The first kappa shape index (κ1) is 13.1. The smallest absolute Gasteiger partial charge is 0.277 e. The standard InChI is InChI=1S/C14H18N2OS/c1-5-11(4)18-14-16-15-13(17-14)12-7-6-9(2)8-10(12)3/h6-8,11H,5H2,1-4H3. The van der Waals surface area contributed by atoms with Gasteiger partial charge < -0.3 is 4.42 Å². The van der Waals surface area contributed by atoms with Crippen molar-refractivity contribution in [1.29, 1.82) is 0 Å². The fourth-order valence-corrected chi connectivity index (χ4v) is 2.40. The summed E-state index contributed by atoms with van der Waals surface area (Å²) in [6, 6.07) is 6.23. The topological polar surface area (TPSA) is 38.9 Å². The molecule has 0 saturated heterocycles. The van der Waals surface area contributed by atoms with Crippen LogP contribution in [0, 0.1) is 13.8 Å². The van der Waals surface area contributed by atoms with E-state index < -0.39 is 0 Å². The lowest BCUT2D eigenvalue weighted by Crippen LogP contribution is -1.91. The number of hydrogen-bond acceptors (Lipinski definition) is 4. The van der Waals surface area contributed by atoms with E-state index in [1.807, 2.05) is 6.07 Å². The van der Waals surface area contributed by atoms with E-state index in [1.54, 1.807) is 11.8 Å². The van der Waals surface area contributed by atoms with Gasteiger partial charge in [-0.05, 0) is 31.9 Å². The third-order valence-electron chi connectivity index (χ3n) is 2.90. The van der Waals surface area contributed by atoms with E-state index in [0.717, 1.165) is 12.0 Å². The van der Waals surface area contributed by atoms with E-state index in [4.69, 9.17) is 4.42 Å². The maximum Gasteiger partial charge on any atom is 0.277 e. The molecule has 0 amide bonds. The minimum atomic E-state index is 0.498. The number of thioether (sulfide) groups is 1. The Kier molecular flexibility index (Phi) is 4.07. The van der Waals surface area contributed by atoms with Gasteiger partial charge in [0.05, 0.1) is 0 Å². The van der Waals surface area contributed by atoms with Gasteiger partial charge in [-0.1, -0.05) is 43.3 Å². The molecule has 2 aromatic rings. The summed E-state index contributed by atoms with van der Waals surface area (Å²) >= 11 is 1.63. The molecule has 18 heavy (non-hydrogen) atoms. The van der Waals surface area contributed by atoms with Crippen LogP contribution in [-0.4, -0.2) is 15.4 Å². The zero-order valence-corrected chi connectivity index (χ0v) is 12.0. The van der Waals surface area contributed by atoms with Crippen LogP contribution in [0.25, 0.3) is 11.5 Å². The minimum absolute atomic E-state index is 0.498. The van der Waals surface area contributed by atoms with E-state index >= 15 is 0 Å². The zero-order chi connectivity index (χ0) is 13.1. The molecule has 1 heterocycles. The third kappa shape index (κ3) is 2.93. The molecule has 1 aromatic carbocycles. The average Bonchev–Trinajstić information content (AvgIpc) is 2.77. The van der Waals surface area contributed by atoms with Gasteiger partial charge in [0, 0.05) is 10.8 Å². The summed E-state index contributed by atoms with van der Waals surface area (Å²) in [4.78, 5) is 0. The predicted octanol–water partition coefficient (Wildman–Crippen LogP) is 4.24. The molecule has 0 saturated carbocycles. The van der Waals surface area contributed by atoms with Crippen molar-refractivity contribution in [2.24, 2.45) is 0 Å². The average molecular weight is 262 g/mol. The maximum absolute atomic E-state index is 5.70. The summed E-state index contributed by atoms with van der Waals surface area (Å²) in [6.45, 7) is 8.45. The number of nitrogens with zero attached hydrogens (tertiary/aromatic N) is 2. The number of aromatic nitrogens is 2. The summed E-state index contributed by atoms with van der Waals surface area (Å²) in [5.41, 5.74) is 3.42. The van der Waals surface area contributed by atoms with Crippen LogP contribution in [0.5, 0.6) is 0 Å². The summed E-state index contributed by atoms with van der Waals surface area (Å²) in [5.74, 6) is 0.610. The van der Waals surface area contributed by atoms with E-state index in [1.165, 1.54) is 11.1 Å². The predicted molar refractivity (Wildman–Crippen MR) is 74.8 cm³/mol.